The van der Waals surface area contributed by atoms with Crippen molar-refractivity contribution in [1.29, 1.82) is 0 Å². The number of nitrogens with one attached hydrogen (secondary N) is 1. The number of benzene rings is 1. The number of fused-ring (bicyclic) bond motifs is 1. The summed E-state index contributed by atoms with van der Waals surface area (Å²) in [5.41, 5.74) is 1.03. The molecule has 5 heteroatoms. The molecule has 1 heterocycles. The van der Waals surface area contributed by atoms with Crippen molar-refractivity contribution in [2.75, 3.05) is 11.9 Å². The molecule has 2 aromatic rings. The molecule has 1 aromatic heterocycles. The fourth-order valence-corrected chi connectivity index (χ4v) is 3.07. The maximum absolute atomic E-state index is 10.6. The molecule has 0 aliphatic carbocycles. The Morgan fingerprint density at radius 2 is 2.20 bits per heavy atom. The summed E-state index contributed by atoms with van der Waals surface area (Å²) in [5.74, 6) is -0.234. The van der Waals surface area contributed by atoms with Gasteiger partial charge in [-0.25, -0.2) is 0 Å². The largest absolute Gasteiger partial charge is 0.481 e. The van der Waals surface area contributed by atoms with E-state index in [9.17, 15) is 4.79 Å². The average Bonchev–Trinajstić information content (AvgIpc) is 2.86. The van der Waals surface area contributed by atoms with E-state index >= 15 is 0 Å². The Hall–Kier alpha value is -1.62. The summed E-state index contributed by atoms with van der Waals surface area (Å²) in [4.78, 5) is 10.6. The van der Waals surface area contributed by atoms with Gasteiger partial charge >= 0.3 is 5.97 Å². The lowest BCUT2D eigenvalue weighted by Gasteiger charge is -2.13. The van der Waals surface area contributed by atoms with Gasteiger partial charge in [0.2, 0.25) is 0 Å². The average molecular weight is 292 g/mol. The number of aliphatic carboxylic acids is 1. The third-order valence-electron chi connectivity index (χ3n) is 3.57. The lowest BCUT2D eigenvalue weighted by atomic mass is 9.97. The highest BCUT2D eigenvalue weighted by molar-refractivity contribution is 7.11. The van der Waals surface area contributed by atoms with Crippen molar-refractivity contribution >= 4 is 33.4 Å². The van der Waals surface area contributed by atoms with Gasteiger partial charge in [0.15, 0.2) is 0 Å². The number of aromatic nitrogens is 1. The quantitative estimate of drug-likeness (QED) is 0.772. The van der Waals surface area contributed by atoms with Gasteiger partial charge < -0.3 is 10.4 Å². The Morgan fingerprint density at radius 3 is 2.95 bits per heavy atom. The first-order valence-electron chi connectivity index (χ1n) is 7.00. The molecule has 0 saturated heterocycles. The van der Waals surface area contributed by atoms with E-state index < -0.39 is 5.97 Å². The van der Waals surface area contributed by atoms with E-state index in [0.29, 0.717) is 5.92 Å². The summed E-state index contributed by atoms with van der Waals surface area (Å²) in [6.07, 6.45) is 3.05. The predicted octanol–water partition coefficient (Wildman–Crippen LogP) is 3.99. The second-order valence-corrected chi connectivity index (χ2v) is 5.72. The van der Waals surface area contributed by atoms with Gasteiger partial charge in [-0.15, -0.1) is 0 Å². The van der Waals surface area contributed by atoms with Crippen molar-refractivity contribution in [3.8, 4) is 0 Å². The van der Waals surface area contributed by atoms with Crippen LogP contribution in [0.15, 0.2) is 24.3 Å². The molecule has 0 radical (unpaired) electrons. The van der Waals surface area contributed by atoms with Crippen molar-refractivity contribution in [2.24, 2.45) is 5.92 Å². The van der Waals surface area contributed by atoms with Crippen LogP contribution >= 0.6 is 11.5 Å². The van der Waals surface area contributed by atoms with Crippen molar-refractivity contribution in [2.45, 2.75) is 32.6 Å². The van der Waals surface area contributed by atoms with Crippen LogP contribution in [0.1, 0.15) is 32.6 Å². The summed E-state index contributed by atoms with van der Waals surface area (Å²) < 4.78 is 4.40. The molecule has 0 fully saturated rings. The minimum Gasteiger partial charge on any atom is -0.481 e. The number of hydrogen-bond donors (Lipinski definition) is 2. The third-order valence-corrected chi connectivity index (χ3v) is 4.40. The molecule has 4 nitrogen and oxygen atoms in total. The molecule has 1 unspecified atom stereocenters. The molecule has 1 atom stereocenters. The highest BCUT2D eigenvalue weighted by Crippen LogP contribution is 2.27. The Bertz CT molecular complexity index is 568. The van der Waals surface area contributed by atoms with Crippen LogP contribution in [0.5, 0.6) is 0 Å². The number of nitrogens with zero attached hydrogens (tertiary/aromatic N) is 1. The van der Waals surface area contributed by atoms with Crippen molar-refractivity contribution < 1.29 is 9.90 Å². The molecular formula is C15H20N2O2S. The molecule has 0 spiro atoms. The lowest BCUT2D eigenvalue weighted by Crippen LogP contribution is -2.10. The van der Waals surface area contributed by atoms with Gasteiger partial charge in [-0.2, -0.15) is 4.37 Å². The molecule has 0 amide bonds. The number of carbonyl (C=O) groups is 1. The molecule has 20 heavy (non-hydrogen) atoms. The highest BCUT2D eigenvalue weighted by Gasteiger charge is 2.10. The zero-order chi connectivity index (χ0) is 14.4. The molecular weight excluding hydrogens is 272 g/mol. The van der Waals surface area contributed by atoms with Crippen molar-refractivity contribution in [1.82, 2.24) is 4.37 Å². The summed E-state index contributed by atoms with van der Waals surface area (Å²) >= 11 is 1.49. The van der Waals surface area contributed by atoms with Gasteiger partial charge in [0.1, 0.15) is 5.00 Å². The number of carboxylic acid groups (broad SMARTS) is 1. The van der Waals surface area contributed by atoms with E-state index in [4.69, 9.17) is 5.11 Å². The molecule has 0 bridgehead atoms. The molecule has 0 saturated carbocycles. The summed E-state index contributed by atoms with van der Waals surface area (Å²) in [6.45, 7) is 2.99. The number of carboxylic acids is 1. The molecule has 2 N–H and O–H groups in total. The molecule has 1 aromatic carbocycles. The first-order chi connectivity index (χ1) is 9.70. The fourth-order valence-electron chi connectivity index (χ4n) is 2.29. The standard InChI is InChI=1S/C15H20N2O2S/c1-2-11(7-8-14(18)19)9-10-16-15-12-5-3-4-6-13(12)17-20-15/h3-6,11,16H,2,7-10H2,1H3,(H,18,19). The third kappa shape index (κ3) is 3.93. The van der Waals surface area contributed by atoms with Crippen LogP contribution in [0.3, 0.4) is 0 Å². The Balaban J connectivity index is 1.84. The number of hydrogen-bond acceptors (Lipinski definition) is 4. The van der Waals surface area contributed by atoms with E-state index in [1.807, 2.05) is 18.2 Å². The first kappa shape index (κ1) is 14.8. The summed E-state index contributed by atoms with van der Waals surface area (Å²) in [5, 5.41) is 14.4. The minimum atomic E-state index is -0.704. The van der Waals surface area contributed by atoms with Crippen molar-refractivity contribution in [3.05, 3.63) is 24.3 Å². The monoisotopic (exact) mass is 292 g/mol. The van der Waals surface area contributed by atoms with E-state index in [-0.39, 0.29) is 6.42 Å². The van der Waals surface area contributed by atoms with Crippen LogP contribution in [0, 0.1) is 5.92 Å². The maximum atomic E-state index is 10.6. The first-order valence-corrected chi connectivity index (χ1v) is 7.78. The molecule has 0 aliphatic rings. The smallest absolute Gasteiger partial charge is 0.303 e. The minimum absolute atomic E-state index is 0.266. The van der Waals surface area contributed by atoms with Gasteiger partial charge in [-0.1, -0.05) is 25.5 Å². The number of anilines is 1. The Kier molecular flexibility index (Phi) is 5.35. The van der Waals surface area contributed by atoms with Crippen LogP contribution in [0.2, 0.25) is 0 Å². The SMILES string of the molecule is CCC(CCNc1snc2ccccc12)CCC(=O)O. The maximum Gasteiger partial charge on any atom is 0.303 e. The highest BCUT2D eigenvalue weighted by atomic mass is 32.1. The van der Waals surface area contributed by atoms with Crippen LogP contribution in [0.25, 0.3) is 10.9 Å². The molecule has 0 aliphatic heterocycles. The summed E-state index contributed by atoms with van der Waals surface area (Å²) in [7, 11) is 0. The predicted molar refractivity (Wildman–Crippen MR) is 83.4 cm³/mol. The molecule has 108 valence electrons. The topological polar surface area (TPSA) is 62.2 Å². The van der Waals surface area contributed by atoms with Crippen LogP contribution < -0.4 is 5.32 Å². The zero-order valence-electron chi connectivity index (χ0n) is 11.6. The second-order valence-electron chi connectivity index (χ2n) is 4.95. The van der Waals surface area contributed by atoms with E-state index in [1.165, 1.54) is 11.5 Å². The van der Waals surface area contributed by atoms with Crippen molar-refractivity contribution in [3.63, 3.8) is 0 Å². The van der Waals surface area contributed by atoms with Crippen LogP contribution in [-0.2, 0) is 4.79 Å². The van der Waals surface area contributed by atoms with E-state index in [2.05, 4.69) is 22.7 Å². The molecule has 2 rings (SSSR count). The van der Waals surface area contributed by atoms with Gasteiger partial charge in [0.25, 0.3) is 0 Å². The fraction of sp³-hybridized carbons (Fsp3) is 0.467. The van der Waals surface area contributed by atoms with Gasteiger partial charge in [-0.3, -0.25) is 4.79 Å². The lowest BCUT2D eigenvalue weighted by molar-refractivity contribution is -0.137. The zero-order valence-corrected chi connectivity index (χ0v) is 12.4. The Morgan fingerprint density at radius 1 is 1.40 bits per heavy atom. The number of rotatable bonds is 8. The Labute approximate surface area is 123 Å². The normalized spacial score (nSPS) is 12.4. The van der Waals surface area contributed by atoms with Gasteiger partial charge in [0.05, 0.1) is 5.52 Å². The van der Waals surface area contributed by atoms with Gasteiger partial charge in [0, 0.05) is 18.4 Å². The van der Waals surface area contributed by atoms with E-state index in [1.54, 1.807) is 0 Å². The van der Waals surface area contributed by atoms with E-state index in [0.717, 1.165) is 41.7 Å². The van der Waals surface area contributed by atoms with Gasteiger partial charge in [-0.05, 0) is 42.4 Å². The second kappa shape index (κ2) is 7.24. The summed E-state index contributed by atoms with van der Waals surface area (Å²) in [6, 6.07) is 8.09. The van der Waals surface area contributed by atoms with Crippen LogP contribution in [0.4, 0.5) is 5.00 Å². The van der Waals surface area contributed by atoms with Crippen LogP contribution in [-0.4, -0.2) is 22.0 Å².